The van der Waals surface area contributed by atoms with Crippen molar-refractivity contribution in [3.8, 4) is 0 Å². The van der Waals surface area contributed by atoms with Gasteiger partial charge in [0.1, 0.15) is 0 Å². The minimum Gasteiger partial charge on any atom is -0.327 e. The van der Waals surface area contributed by atoms with Gasteiger partial charge < -0.3 is 14.2 Å². The Morgan fingerprint density at radius 1 is 1.19 bits per heavy atom. The molecule has 0 radical (unpaired) electrons. The van der Waals surface area contributed by atoms with Crippen LogP contribution in [0.3, 0.4) is 0 Å². The summed E-state index contributed by atoms with van der Waals surface area (Å²) in [5.74, 6) is -4.91. The smallest absolute Gasteiger partial charge is 0.283 e. The van der Waals surface area contributed by atoms with E-state index in [1.165, 1.54) is 0 Å². The lowest BCUT2D eigenvalue weighted by atomic mass is 9.88. The average molecular weight is 304 g/mol. The normalized spacial score (nSPS) is 30.3. The fourth-order valence-electron chi connectivity index (χ4n) is 2.84. The van der Waals surface area contributed by atoms with Gasteiger partial charge in [0, 0.05) is 12.3 Å². The van der Waals surface area contributed by atoms with E-state index >= 15 is 0 Å². The molecule has 21 heavy (non-hydrogen) atoms. The highest BCUT2D eigenvalue weighted by Gasteiger charge is 2.46. The van der Waals surface area contributed by atoms with Gasteiger partial charge in [-0.15, -0.1) is 0 Å². The van der Waals surface area contributed by atoms with E-state index in [1.54, 1.807) is 6.08 Å². The Kier molecular flexibility index (Phi) is 6.14. The summed E-state index contributed by atoms with van der Waals surface area (Å²) >= 11 is 0. The quantitative estimate of drug-likeness (QED) is 0.710. The highest BCUT2D eigenvalue weighted by atomic mass is 19.3. The van der Waals surface area contributed by atoms with E-state index < -0.39 is 17.8 Å². The van der Waals surface area contributed by atoms with Gasteiger partial charge in [-0.1, -0.05) is 19.4 Å². The molecule has 1 atom stereocenters. The van der Waals surface area contributed by atoms with Crippen LogP contribution >= 0.6 is 0 Å². The minimum atomic E-state index is -2.83. The minimum absolute atomic E-state index is 0.0876. The van der Waals surface area contributed by atoms with E-state index in [0.717, 1.165) is 38.2 Å². The van der Waals surface area contributed by atoms with Crippen molar-refractivity contribution in [2.45, 2.75) is 63.8 Å². The SMILES string of the molecule is CCCOC1(CC2CCCC/C=C\C2(F)F)OCCCO1. The molecule has 3 nitrogen and oxygen atoms in total. The van der Waals surface area contributed by atoms with Crippen molar-refractivity contribution in [3.63, 3.8) is 0 Å². The zero-order chi connectivity index (χ0) is 15.2. The van der Waals surface area contributed by atoms with Crippen LogP contribution < -0.4 is 0 Å². The molecule has 0 N–H and O–H groups in total. The lowest BCUT2D eigenvalue weighted by Gasteiger charge is -2.40. The van der Waals surface area contributed by atoms with E-state index in [2.05, 4.69) is 0 Å². The van der Waals surface area contributed by atoms with Gasteiger partial charge >= 0.3 is 0 Å². The van der Waals surface area contributed by atoms with Crippen LogP contribution in [0.1, 0.15) is 51.9 Å². The molecular formula is C16H26F2O3. The summed E-state index contributed by atoms with van der Waals surface area (Å²) in [6.07, 6.45) is 7.26. The molecule has 0 aromatic carbocycles. The second-order valence-electron chi connectivity index (χ2n) is 5.84. The van der Waals surface area contributed by atoms with Gasteiger partial charge in [-0.25, -0.2) is 8.78 Å². The van der Waals surface area contributed by atoms with Gasteiger partial charge in [-0.3, -0.25) is 0 Å². The maximum atomic E-state index is 14.3. The molecule has 0 spiro atoms. The van der Waals surface area contributed by atoms with Gasteiger partial charge in [0.2, 0.25) is 0 Å². The van der Waals surface area contributed by atoms with Crippen LogP contribution in [-0.2, 0) is 14.2 Å². The summed E-state index contributed by atoms with van der Waals surface area (Å²) < 4.78 is 45.6. The van der Waals surface area contributed by atoms with Crippen molar-refractivity contribution in [3.05, 3.63) is 12.2 Å². The third-order valence-corrected chi connectivity index (χ3v) is 4.01. The van der Waals surface area contributed by atoms with Crippen LogP contribution in [0.4, 0.5) is 8.78 Å². The van der Waals surface area contributed by atoms with Crippen LogP contribution in [0.5, 0.6) is 0 Å². The highest BCUT2D eigenvalue weighted by Crippen LogP contribution is 2.40. The molecule has 1 aliphatic carbocycles. The van der Waals surface area contributed by atoms with Crippen LogP contribution in [0, 0.1) is 5.92 Å². The van der Waals surface area contributed by atoms with E-state index in [-0.39, 0.29) is 6.42 Å². The Balaban J connectivity index is 2.09. The standard InChI is InChI=1S/C16H26F2O3/c1-2-10-19-16(20-11-7-12-21-16)13-14-8-5-3-4-6-9-15(14,17)18/h6,9,14H,2-5,7-8,10-13H2,1H3/b9-6-. The molecule has 1 saturated heterocycles. The van der Waals surface area contributed by atoms with Crippen LogP contribution in [-0.4, -0.2) is 31.7 Å². The van der Waals surface area contributed by atoms with Gasteiger partial charge in [-0.2, -0.15) is 0 Å². The first-order chi connectivity index (χ1) is 10.1. The Labute approximate surface area is 125 Å². The van der Waals surface area contributed by atoms with Gasteiger partial charge in [0.25, 0.3) is 11.9 Å². The molecule has 122 valence electrons. The van der Waals surface area contributed by atoms with Gasteiger partial charge in [-0.05, 0) is 38.2 Å². The number of halogens is 2. The third kappa shape index (κ3) is 4.73. The lowest BCUT2D eigenvalue weighted by molar-refractivity contribution is -0.408. The van der Waals surface area contributed by atoms with E-state index in [1.807, 2.05) is 6.92 Å². The second-order valence-corrected chi connectivity index (χ2v) is 5.84. The van der Waals surface area contributed by atoms with E-state index in [9.17, 15) is 8.78 Å². The number of hydrogen-bond acceptors (Lipinski definition) is 3. The molecule has 0 saturated carbocycles. The average Bonchev–Trinajstić information content (AvgIpc) is 2.47. The maximum absolute atomic E-state index is 14.3. The molecule has 0 aromatic rings. The molecular weight excluding hydrogens is 278 g/mol. The number of alkyl halides is 2. The third-order valence-electron chi connectivity index (χ3n) is 4.01. The molecule has 2 aliphatic rings. The Bertz CT molecular complexity index is 338. The maximum Gasteiger partial charge on any atom is 0.283 e. The summed E-state index contributed by atoms with van der Waals surface area (Å²) in [6, 6.07) is 0. The van der Waals surface area contributed by atoms with Crippen molar-refractivity contribution in [2.24, 2.45) is 5.92 Å². The summed E-state index contributed by atoms with van der Waals surface area (Å²) in [5, 5.41) is 0. The monoisotopic (exact) mass is 304 g/mol. The molecule has 5 heteroatoms. The summed E-state index contributed by atoms with van der Waals surface area (Å²) in [4.78, 5) is 0. The number of allylic oxidation sites excluding steroid dienone is 2. The van der Waals surface area contributed by atoms with Crippen LogP contribution in [0.2, 0.25) is 0 Å². The van der Waals surface area contributed by atoms with Crippen LogP contribution in [0.25, 0.3) is 0 Å². The number of ether oxygens (including phenoxy) is 3. The van der Waals surface area contributed by atoms with Crippen molar-refractivity contribution in [2.75, 3.05) is 19.8 Å². The fraction of sp³-hybridized carbons (Fsp3) is 0.875. The molecule has 1 unspecified atom stereocenters. The Morgan fingerprint density at radius 3 is 2.67 bits per heavy atom. The van der Waals surface area contributed by atoms with E-state index in [4.69, 9.17) is 14.2 Å². The van der Waals surface area contributed by atoms with Crippen molar-refractivity contribution in [1.29, 1.82) is 0 Å². The summed E-state index contributed by atoms with van der Waals surface area (Å²) in [5.41, 5.74) is 0. The zero-order valence-corrected chi connectivity index (χ0v) is 12.8. The fourth-order valence-corrected chi connectivity index (χ4v) is 2.84. The van der Waals surface area contributed by atoms with E-state index in [0.29, 0.717) is 26.2 Å². The molecule has 0 aromatic heterocycles. The second kappa shape index (κ2) is 7.65. The predicted octanol–water partition coefficient (Wildman–Crippen LogP) is 4.28. The van der Waals surface area contributed by atoms with Crippen molar-refractivity contribution in [1.82, 2.24) is 0 Å². The van der Waals surface area contributed by atoms with Gasteiger partial charge in [0.15, 0.2) is 0 Å². The highest BCUT2D eigenvalue weighted by molar-refractivity contribution is 5.00. The van der Waals surface area contributed by atoms with Crippen molar-refractivity contribution >= 4 is 0 Å². The van der Waals surface area contributed by atoms with Gasteiger partial charge in [0.05, 0.1) is 19.8 Å². The Morgan fingerprint density at radius 2 is 1.95 bits per heavy atom. The molecule has 2 rings (SSSR count). The summed E-state index contributed by atoms with van der Waals surface area (Å²) in [6.45, 7) is 3.42. The largest absolute Gasteiger partial charge is 0.327 e. The topological polar surface area (TPSA) is 27.7 Å². The molecule has 0 bridgehead atoms. The first kappa shape index (κ1) is 16.8. The Hall–Kier alpha value is -0.520. The van der Waals surface area contributed by atoms with Crippen molar-refractivity contribution < 1.29 is 23.0 Å². The molecule has 1 heterocycles. The first-order valence-electron chi connectivity index (χ1n) is 8.05. The predicted molar refractivity (Wildman–Crippen MR) is 76.2 cm³/mol. The molecule has 1 aliphatic heterocycles. The van der Waals surface area contributed by atoms with Crippen LogP contribution in [0.15, 0.2) is 12.2 Å². The zero-order valence-electron chi connectivity index (χ0n) is 12.8. The molecule has 0 amide bonds. The molecule has 1 fully saturated rings. The lowest BCUT2D eigenvalue weighted by Crippen LogP contribution is -2.47. The number of hydrogen-bond donors (Lipinski definition) is 0. The summed E-state index contributed by atoms with van der Waals surface area (Å²) in [7, 11) is 0. The first-order valence-corrected chi connectivity index (χ1v) is 8.05. The number of rotatable bonds is 5.